The van der Waals surface area contributed by atoms with E-state index in [1.807, 2.05) is 30.3 Å². The molecule has 0 aromatic heterocycles. The highest BCUT2D eigenvalue weighted by molar-refractivity contribution is 6.32. The molecule has 0 amide bonds. The van der Waals surface area contributed by atoms with Crippen LogP contribution in [0.3, 0.4) is 0 Å². The van der Waals surface area contributed by atoms with Gasteiger partial charge in [0.1, 0.15) is 23.4 Å². The van der Waals surface area contributed by atoms with Crippen LogP contribution < -0.4 is 9.47 Å². The molecule has 214 valence electrons. The van der Waals surface area contributed by atoms with Crippen molar-refractivity contribution in [3.63, 3.8) is 0 Å². The van der Waals surface area contributed by atoms with Crippen molar-refractivity contribution in [2.75, 3.05) is 26.3 Å². The first-order valence-corrected chi connectivity index (χ1v) is 13.9. The van der Waals surface area contributed by atoms with Crippen LogP contribution in [0.4, 0.5) is 17.6 Å². The first-order chi connectivity index (χ1) is 19.1. The molecular weight excluding hydrogens is 546 g/mol. The summed E-state index contributed by atoms with van der Waals surface area (Å²) in [5.41, 5.74) is 3.35. The zero-order chi connectivity index (χ0) is 28.3. The zero-order valence-corrected chi connectivity index (χ0v) is 22.8. The smallest absolute Gasteiger partial charge is 0.508 e. The maximum absolute atomic E-state index is 12.9. The van der Waals surface area contributed by atoms with E-state index in [2.05, 4.69) is 9.64 Å². The average Bonchev–Trinajstić information content (AvgIpc) is 3.26. The number of phenolic OH excluding ortho intramolecular Hbond substituents is 1. The average molecular weight is 578 g/mol. The van der Waals surface area contributed by atoms with Crippen molar-refractivity contribution in [1.82, 2.24) is 4.90 Å². The molecule has 1 heterocycles. The molecule has 1 aliphatic heterocycles. The van der Waals surface area contributed by atoms with E-state index < -0.39 is 17.5 Å². The van der Waals surface area contributed by atoms with Crippen LogP contribution in [0.25, 0.3) is 0 Å². The van der Waals surface area contributed by atoms with Crippen LogP contribution in [0.5, 0.6) is 17.2 Å². The largest absolute Gasteiger partial charge is 0.573 e. The molecular formula is C31H32ClF4NO3. The molecule has 1 fully saturated rings. The number of ether oxygens (including phenoxy) is 2. The van der Waals surface area contributed by atoms with Crippen LogP contribution in [0.2, 0.25) is 5.02 Å². The predicted octanol–water partition coefficient (Wildman–Crippen LogP) is 7.62. The number of hydrogen-bond donors (Lipinski definition) is 1. The minimum absolute atomic E-state index is 0.0387. The number of hydrogen-bond acceptors (Lipinski definition) is 4. The number of likely N-dealkylation sites (tertiary alicyclic amines) is 1. The SMILES string of the molecule is Oc1ccc2c(c1)CCCC(c1ccc(O[C@H]3CCN(CCCF)C3)cc1)(c1ccc(OC(F)(F)F)c(Cl)c1)C2. The van der Waals surface area contributed by atoms with E-state index in [9.17, 15) is 22.7 Å². The minimum atomic E-state index is -4.84. The van der Waals surface area contributed by atoms with Crippen LogP contribution in [0.1, 0.15) is 47.9 Å². The molecule has 1 aliphatic carbocycles. The molecule has 1 saturated heterocycles. The maximum atomic E-state index is 12.9. The zero-order valence-electron chi connectivity index (χ0n) is 22.0. The van der Waals surface area contributed by atoms with Crippen LogP contribution >= 0.6 is 11.6 Å². The molecule has 5 rings (SSSR count). The van der Waals surface area contributed by atoms with Crippen LogP contribution in [0.15, 0.2) is 60.7 Å². The summed E-state index contributed by atoms with van der Waals surface area (Å²) in [4.78, 5) is 2.21. The van der Waals surface area contributed by atoms with Crippen LogP contribution in [0, 0.1) is 0 Å². The van der Waals surface area contributed by atoms with Crippen molar-refractivity contribution in [3.8, 4) is 17.2 Å². The number of nitrogens with zero attached hydrogens (tertiary/aromatic N) is 1. The molecule has 3 aromatic rings. The van der Waals surface area contributed by atoms with Gasteiger partial charge in [0.25, 0.3) is 0 Å². The fourth-order valence-electron chi connectivity index (χ4n) is 6.10. The third-order valence-corrected chi connectivity index (χ3v) is 8.28. The number of fused-ring (bicyclic) bond motifs is 1. The van der Waals surface area contributed by atoms with Crippen LogP contribution in [-0.2, 0) is 18.3 Å². The molecule has 1 unspecified atom stereocenters. The summed E-state index contributed by atoms with van der Waals surface area (Å²) in [5, 5.41) is 9.95. The normalized spacial score (nSPS) is 21.6. The molecule has 4 nitrogen and oxygen atoms in total. The Hall–Kier alpha value is -2.97. The molecule has 0 saturated carbocycles. The Labute approximate surface area is 236 Å². The lowest BCUT2D eigenvalue weighted by atomic mass is 9.68. The number of phenols is 1. The lowest BCUT2D eigenvalue weighted by molar-refractivity contribution is -0.274. The van der Waals surface area contributed by atoms with E-state index in [0.29, 0.717) is 12.8 Å². The minimum Gasteiger partial charge on any atom is -0.508 e. The molecule has 0 bridgehead atoms. The Balaban J connectivity index is 1.46. The lowest BCUT2D eigenvalue weighted by Crippen LogP contribution is -2.30. The molecule has 40 heavy (non-hydrogen) atoms. The number of aromatic hydroxyl groups is 1. The molecule has 3 aromatic carbocycles. The molecule has 2 atom stereocenters. The van der Waals surface area contributed by atoms with Gasteiger partial charge < -0.3 is 14.6 Å². The predicted molar refractivity (Wildman–Crippen MR) is 146 cm³/mol. The van der Waals surface area contributed by atoms with Crippen molar-refractivity contribution in [2.24, 2.45) is 0 Å². The van der Waals surface area contributed by atoms with Gasteiger partial charge in [-0.15, -0.1) is 13.2 Å². The number of halogens is 5. The van der Waals surface area contributed by atoms with Gasteiger partial charge in [0.15, 0.2) is 0 Å². The Bertz CT molecular complexity index is 1320. The summed E-state index contributed by atoms with van der Waals surface area (Å²) in [6.07, 6.45) is -0.496. The third-order valence-electron chi connectivity index (χ3n) is 7.99. The highest BCUT2D eigenvalue weighted by Gasteiger charge is 2.38. The van der Waals surface area contributed by atoms with Gasteiger partial charge in [0.05, 0.1) is 11.7 Å². The summed E-state index contributed by atoms with van der Waals surface area (Å²) in [6.45, 7) is 2.06. The summed E-state index contributed by atoms with van der Waals surface area (Å²) in [5.74, 6) is 0.509. The molecule has 2 aliphatic rings. The number of alkyl halides is 4. The highest BCUT2D eigenvalue weighted by Crippen LogP contribution is 2.46. The summed E-state index contributed by atoms with van der Waals surface area (Å²) in [7, 11) is 0. The van der Waals surface area contributed by atoms with E-state index in [-0.39, 0.29) is 23.6 Å². The van der Waals surface area contributed by atoms with E-state index >= 15 is 0 Å². The second-order valence-corrected chi connectivity index (χ2v) is 11.1. The maximum Gasteiger partial charge on any atom is 0.573 e. The highest BCUT2D eigenvalue weighted by atomic mass is 35.5. The molecule has 0 radical (unpaired) electrons. The topological polar surface area (TPSA) is 41.9 Å². The van der Waals surface area contributed by atoms with Crippen molar-refractivity contribution in [2.45, 2.75) is 56.4 Å². The lowest BCUT2D eigenvalue weighted by Gasteiger charge is -2.35. The Morgan fingerprint density at radius 2 is 1.77 bits per heavy atom. The van der Waals surface area contributed by atoms with Gasteiger partial charge >= 0.3 is 6.36 Å². The molecule has 9 heteroatoms. The van der Waals surface area contributed by atoms with Gasteiger partial charge in [-0.3, -0.25) is 9.29 Å². The first-order valence-electron chi connectivity index (χ1n) is 13.6. The van der Waals surface area contributed by atoms with Gasteiger partial charge in [-0.1, -0.05) is 35.9 Å². The summed E-state index contributed by atoms with van der Waals surface area (Å²) < 4.78 is 61.6. The summed E-state index contributed by atoms with van der Waals surface area (Å²) in [6, 6.07) is 17.8. The van der Waals surface area contributed by atoms with Gasteiger partial charge in [-0.2, -0.15) is 0 Å². The fraction of sp³-hybridized carbons (Fsp3) is 0.419. The Kier molecular flexibility index (Phi) is 8.47. The van der Waals surface area contributed by atoms with Crippen molar-refractivity contribution in [3.05, 3.63) is 87.9 Å². The van der Waals surface area contributed by atoms with Crippen molar-refractivity contribution >= 4 is 11.6 Å². The van der Waals surface area contributed by atoms with Crippen LogP contribution in [-0.4, -0.2) is 48.8 Å². The second-order valence-electron chi connectivity index (χ2n) is 10.7. The van der Waals surface area contributed by atoms with E-state index in [1.165, 1.54) is 6.07 Å². The van der Waals surface area contributed by atoms with E-state index in [0.717, 1.165) is 73.3 Å². The Morgan fingerprint density at radius 3 is 2.50 bits per heavy atom. The number of benzene rings is 3. The Morgan fingerprint density at radius 1 is 1.00 bits per heavy atom. The molecule has 0 spiro atoms. The fourth-order valence-corrected chi connectivity index (χ4v) is 6.32. The monoisotopic (exact) mass is 577 g/mol. The van der Waals surface area contributed by atoms with Gasteiger partial charge in [-0.05, 0) is 97.2 Å². The number of rotatable bonds is 8. The van der Waals surface area contributed by atoms with Gasteiger partial charge in [-0.25, -0.2) is 0 Å². The molecule has 1 N–H and O–H groups in total. The standard InChI is InChI=1S/C31H32ClF4NO3/c32-28-18-24(7-11-29(28)40-31(34,35)36)30(13-1-3-21-17-25(38)8-4-22(21)19-30)23-5-9-26(10-6-23)39-27-12-16-37(20-27)15-2-14-33/h4-11,17-18,27,38H,1-3,12-16,19-20H2/t27-,30?/m0/s1. The second kappa shape index (κ2) is 11.9. The first kappa shape index (κ1) is 28.6. The quantitative estimate of drug-likeness (QED) is 0.221. The van der Waals surface area contributed by atoms with E-state index in [1.54, 1.807) is 24.3 Å². The summed E-state index contributed by atoms with van der Waals surface area (Å²) >= 11 is 6.33. The third kappa shape index (κ3) is 6.50. The number of aryl methyl sites for hydroxylation is 1. The van der Waals surface area contributed by atoms with Crippen molar-refractivity contribution in [1.29, 1.82) is 0 Å². The van der Waals surface area contributed by atoms with Gasteiger partial charge in [0, 0.05) is 25.0 Å². The van der Waals surface area contributed by atoms with Gasteiger partial charge in [0.2, 0.25) is 0 Å². The van der Waals surface area contributed by atoms with E-state index in [4.69, 9.17) is 16.3 Å². The van der Waals surface area contributed by atoms with Crippen molar-refractivity contribution < 1.29 is 32.1 Å².